The lowest BCUT2D eigenvalue weighted by atomic mass is 9.88. The zero-order valence-electron chi connectivity index (χ0n) is 25.7. The van der Waals surface area contributed by atoms with Crippen molar-refractivity contribution in [1.29, 1.82) is 0 Å². The number of hydrogen-bond donors (Lipinski definition) is 5. The van der Waals surface area contributed by atoms with Gasteiger partial charge in [-0.05, 0) is 43.9 Å². The van der Waals surface area contributed by atoms with Crippen molar-refractivity contribution in [1.82, 2.24) is 30.2 Å². The highest BCUT2D eigenvalue weighted by Gasteiger charge is 2.41. The van der Waals surface area contributed by atoms with Crippen LogP contribution in [0.5, 0.6) is 0 Å². The van der Waals surface area contributed by atoms with Gasteiger partial charge in [0.2, 0.25) is 10.0 Å². The summed E-state index contributed by atoms with van der Waals surface area (Å²) in [4.78, 5) is 53.5. The third-order valence-corrected chi connectivity index (χ3v) is 10.3. The van der Waals surface area contributed by atoms with Gasteiger partial charge in [0.15, 0.2) is 34.2 Å². The maximum atomic E-state index is 13.8. The number of hydrogen-bond acceptors (Lipinski definition) is 10. The molecule has 1 spiro atoms. The highest BCUT2D eigenvalue weighted by atomic mass is 35.5. The Labute approximate surface area is 281 Å². The summed E-state index contributed by atoms with van der Waals surface area (Å²) in [5.41, 5.74) is 11.2. The monoisotopic (exact) mass is 695 g/mol. The topological polar surface area (TPSA) is 224 Å². The van der Waals surface area contributed by atoms with Gasteiger partial charge in [0.25, 0.3) is 5.91 Å². The zero-order chi connectivity index (χ0) is 34.1. The number of anilines is 2. The van der Waals surface area contributed by atoms with Gasteiger partial charge < -0.3 is 31.7 Å². The van der Waals surface area contributed by atoms with Crippen LogP contribution in [0.1, 0.15) is 62.5 Å². The van der Waals surface area contributed by atoms with Crippen molar-refractivity contribution >= 4 is 56.8 Å². The lowest BCUT2D eigenvalue weighted by molar-refractivity contribution is 0.0665. The molecular formula is C31H34ClN9O6S. The molecule has 3 aliphatic rings. The first kappa shape index (κ1) is 33.3. The Morgan fingerprint density at radius 1 is 1.06 bits per heavy atom. The molecule has 2 amide bonds. The number of carbonyl (C=O) groups excluding carboxylic acids is 3. The minimum absolute atomic E-state index is 0.0487. The van der Waals surface area contributed by atoms with Crippen molar-refractivity contribution in [2.45, 2.75) is 42.2 Å². The van der Waals surface area contributed by atoms with E-state index < -0.39 is 27.3 Å². The normalized spacial score (nSPS) is 19.6. The number of likely N-dealkylation sites (tertiary alicyclic amines) is 1. The van der Waals surface area contributed by atoms with E-state index in [1.807, 2.05) is 0 Å². The molecule has 0 bridgehead atoms. The van der Waals surface area contributed by atoms with Crippen LogP contribution in [0.15, 0.2) is 58.4 Å². The van der Waals surface area contributed by atoms with E-state index in [-0.39, 0.29) is 68.6 Å². The minimum atomic E-state index is -3.89. The van der Waals surface area contributed by atoms with Gasteiger partial charge in [0.1, 0.15) is 0 Å². The number of carbonyl (C=O) groups is 3. The van der Waals surface area contributed by atoms with Crippen LogP contribution in [0.25, 0.3) is 0 Å². The number of guanidine groups is 1. The summed E-state index contributed by atoms with van der Waals surface area (Å²) in [6, 6.07) is 12.3. The first-order valence-corrected chi connectivity index (χ1v) is 17.2. The maximum absolute atomic E-state index is 13.8. The fourth-order valence-corrected chi connectivity index (χ4v) is 7.18. The number of halogens is 1. The van der Waals surface area contributed by atoms with E-state index in [1.54, 1.807) is 29.2 Å². The summed E-state index contributed by atoms with van der Waals surface area (Å²) in [5, 5.41) is 6.19. The first-order chi connectivity index (χ1) is 22.9. The van der Waals surface area contributed by atoms with Crippen molar-refractivity contribution in [3.63, 3.8) is 0 Å². The van der Waals surface area contributed by atoms with Crippen LogP contribution in [0, 0.1) is 0 Å². The lowest BCUT2D eigenvalue weighted by Gasteiger charge is -2.38. The molecule has 3 fully saturated rings. The standard InChI is InChI=1S/C31H34ClN9O6S/c32-25-27(34)38-26(33)23(37-25)28(43)39-30-35-17-31(40-30)10-12-41(13-11-31)29(44)22-9-2-1-8-21(22)24(42)18-5-3-7-20(15-18)48(45,46)36-16-19-6-4-14-47-19/h1-3,5,7-9,15,19,36H,4,6,10-14,16-17H2,(H4,33,34,38)(H2,35,39,40,43). The largest absolute Gasteiger partial charge is 0.382 e. The third kappa shape index (κ3) is 6.96. The summed E-state index contributed by atoms with van der Waals surface area (Å²) in [7, 11) is -3.89. The van der Waals surface area contributed by atoms with Crippen molar-refractivity contribution in [3.05, 3.63) is 76.1 Å². The number of nitrogens with zero attached hydrogens (tertiary/aromatic N) is 4. The first-order valence-electron chi connectivity index (χ1n) is 15.3. The summed E-state index contributed by atoms with van der Waals surface area (Å²) in [6.07, 6.45) is 2.55. The number of ketones is 1. The molecule has 17 heteroatoms. The molecule has 0 radical (unpaired) electrons. The SMILES string of the molecule is Nc1nc(N)c(C(=O)/N=C2\NCC3(CCN(C(=O)c4ccccc4C(=O)c4cccc(S(=O)(=O)NCC5CCCO5)c4)CC3)N2)nc1Cl. The van der Waals surface area contributed by atoms with Gasteiger partial charge in [-0.1, -0.05) is 41.9 Å². The van der Waals surface area contributed by atoms with Gasteiger partial charge in [-0.3, -0.25) is 14.4 Å². The molecule has 7 N–H and O–H groups in total. The molecule has 3 aliphatic heterocycles. The summed E-state index contributed by atoms with van der Waals surface area (Å²) < 4.78 is 34.0. The van der Waals surface area contributed by atoms with Crippen LogP contribution in [-0.4, -0.2) is 91.3 Å². The Bertz CT molecular complexity index is 1910. The molecule has 15 nitrogen and oxygen atoms in total. The second-order valence-electron chi connectivity index (χ2n) is 11.8. The Morgan fingerprint density at radius 3 is 2.54 bits per heavy atom. The van der Waals surface area contributed by atoms with E-state index in [4.69, 9.17) is 27.8 Å². The van der Waals surface area contributed by atoms with E-state index >= 15 is 0 Å². The number of nitrogen functional groups attached to an aromatic ring is 2. The van der Waals surface area contributed by atoms with Gasteiger partial charge in [-0.25, -0.2) is 23.1 Å². The smallest absolute Gasteiger partial charge is 0.302 e. The van der Waals surface area contributed by atoms with Crippen LogP contribution in [0.2, 0.25) is 5.15 Å². The molecule has 1 atom stereocenters. The van der Waals surface area contributed by atoms with E-state index in [0.717, 1.165) is 12.8 Å². The predicted octanol–water partition coefficient (Wildman–Crippen LogP) is 1.35. The Morgan fingerprint density at radius 2 is 1.81 bits per heavy atom. The molecule has 3 saturated heterocycles. The van der Waals surface area contributed by atoms with Crippen LogP contribution in [0.3, 0.4) is 0 Å². The van der Waals surface area contributed by atoms with E-state index in [9.17, 15) is 22.8 Å². The van der Waals surface area contributed by atoms with Gasteiger partial charge in [-0.2, -0.15) is 4.99 Å². The van der Waals surface area contributed by atoms with Crippen molar-refractivity contribution < 1.29 is 27.5 Å². The number of rotatable bonds is 8. The molecule has 252 valence electrons. The molecule has 48 heavy (non-hydrogen) atoms. The zero-order valence-corrected chi connectivity index (χ0v) is 27.3. The molecule has 6 rings (SSSR count). The Hall–Kier alpha value is -4.64. The molecule has 0 aliphatic carbocycles. The van der Waals surface area contributed by atoms with E-state index in [1.165, 1.54) is 24.3 Å². The molecule has 3 aromatic rings. The quantitative estimate of drug-likeness (QED) is 0.211. The molecule has 1 unspecified atom stereocenters. The number of benzene rings is 2. The highest BCUT2D eigenvalue weighted by Crippen LogP contribution is 2.27. The molecule has 0 saturated carbocycles. The van der Waals surface area contributed by atoms with Crippen molar-refractivity contribution in [2.24, 2.45) is 4.99 Å². The number of nitrogens with one attached hydrogen (secondary N) is 3. The molecular weight excluding hydrogens is 662 g/mol. The number of aliphatic imine (C=N–C) groups is 1. The van der Waals surface area contributed by atoms with Gasteiger partial charge in [0.05, 0.1) is 22.1 Å². The summed E-state index contributed by atoms with van der Waals surface area (Å²) in [5.74, 6) is -1.59. The Kier molecular flexibility index (Phi) is 9.33. The van der Waals surface area contributed by atoms with Crippen LogP contribution in [-0.2, 0) is 14.8 Å². The highest BCUT2D eigenvalue weighted by molar-refractivity contribution is 7.89. The second-order valence-corrected chi connectivity index (χ2v) is 14.0. The van der Waals surface area contributed by atoms with Gasteiger partial charge in [-0.15, -0.1) is 0 Å². The fourth-order valence-electron chi connectivity index (χ4n) is 5.94. The average Bonchev–Trinajstić information content (AvgIpc) is 3.75. The number of nitrogens with two attached hydrogens (primary N) is 2. The minimum Gasteiger partial charge on any atom is -0.382 e. The number of ether oxygens (including phenoxy) is 1. The van der Waals surface area contributed by atoms with E-state index in [0.29, 0.717) is 39.1 Å². The maximum Gasteiger partial charge on any atom is 0.302 e. The second kappa shape index (κ2) is 13.5. The van der Waals surface area contributed by atoms with Crippen LogP contribution >= 0.6 is 11.6 Å². The summed E-state index contributed by atoms with van der Waals surface area (Å²) in [6.45, 7) is 1.95. The molecule has 1 aromatic heterocycles. The average molecular weight is 696 g/mol. The third-order valence-electron chi connectivity index (χ3n) is 8.64. The number of aromatic nitrogens is 2. The fraction of sp³-hybridized carbons (Fsp3) is 0.355. The number of piperidine rings is 1. The van der Waals surface area contributed by atoms with Crippen LogP contribution < -0.4 is 26.8 Å². The lowest BCUT2D eigenvalue weighted by Crippen LogP contribution is -2.53. The Balaban J connectivity index is 1.11. The number of amides is 2. The number of sulfonamides is 1. The van der Waals surface area contributed by atoms with Gasteiger partial charge in [0, 0.05) is 43.9 Å². The van der Waals surface area contributed by atoms with Crippen molar-refractivity contribution in [3.8, 4) is 0 Å². The van der Waals surface area contributed by atoms with Gasteiger partial charge >= 0.3 is 5.91 Å². The van der Waals surface area contributed by atoms with Crippen molar-refractivity contribution in [2.75, 3.05) is 44.3 Å². The van der Waals surface area contributed by atoms with Crippen LogP contribution in [0.4, 0.5) is 11.6 Å². The van der Waals surface area contributed by atoms with E-state index in [2.05, 4.69) is 30.3 Å². The predicted molar refractivity (Wildman–Crippen MR) is 177 cm³/mol. The molecule has 4 heterocycles. The summed E-state index contributed by atoms with van der Waals surface area (Å²) >= 11 is 5.89. The molecule has 2 aromatic carbocycles.